The van der Waals surface area contributed by atoms with E-state index in [0.29, 0.717) is 24.7 Å². The molecule has 5 nitrogen and oxygen atoms in total. The Morgan fingerprint density at radius 1 is 1.05 bits per heavy atom. The van der Waals surface area contributed by atoms with Crippen molar-refractivity contribution < 1.29 is 18.9 Å². The molecule has 0 fully saturated rings. The molecule has 0 heterocycles. The van der Waals surface area contributed by atoms with Crippen molar-refractivity contribution in [3.05, 3.63) is 23.8 Å². The number of hydrogen-bond donors (Lipinski definition) is 1. The van der Waals surface area contributed by atoms with E-state index in [1.165, 1.54) is 0 Å². The molecule has 0 radical (unpaired) electrons. The summed E-state index contributed by atoms with van der Waals surface area (Å²) in [5.74, 6) is 0.354. The molecule has 108 valence electrons. The minimum absolute atomic E-state index is 0.206. The largest absolute Gasteiger partial charge is 0.497 e. The van der Waals surface area contributed by atoms with Gasteiger partial charge in [-0.2, -0.15) is 0 Å². The molecule has 1 aromatic rings. The quantitative estimate of drug-likeness (QED) is 0.730. The highest BCUT2D eigenvalue weighted by Crippen LogP contribution is 2.36. The van der Waals surface area contributed by atoms with Crippen LogP contribution in [-0.4, -0.2) is 34.0 Å². The van der Waals surface area contributed by atoms with Gasteiger partial charge in [0.25, 0.3) is 0 Å². The van der Waals surface area contributed by atoms with Crippen molar-refractivity contribution in [2.75, 3.05) is 34.0 Å². The highest BCUT2D eigenvalue weighted by atomic mass is 16.7. The SMILES string of the molecule is CCOC(CN)(OCC)c1ccc(OC)cc1OC. The Kier molecular flexibility index (Phi) is 6.08. The second kappa shape index (κ2) is 7.33. The van der Waals surface area contributed by atoms with E-state index in [1.807, 2.05) is 26.0 Å². The Balaban J connectivity index is 3.27. The Hall–Kier alpha value is -1.30. The number of nitrogens with two attached hydrogens (primary N) is 1. The third-order valence-corrected chi connectivity index (χ3v) is 2.84. The van der Waals surface area contributed by atoms with Crippen LogP contribution in [0.25, 0.3) is 0 Å². The lowest BCUT2D eigenvalue weighted by molar-refractivity contribution is -0.236. The average molecular weight is 269 g/mol. The third kappa shape index (κ3) is 3.37. The molecule has 0 saturated carbocycles. The van der Waals surface area contributed by atoms with Crippen LogP contribution in [0.1, 0.15) is 19.4 Å². The normalized spacial score (nSPS) is 11.4. The molecule has 5 heteroatoms. The summed E-state index contributed by atoms with van der Waals surface area (Å²) in [6.07, 6.45) is 0. The van der Waals surface area contributed by atoms with Gasteiger partial charge in [0.1, 0.15) is 11.5 Å². The molecule has 1 aromatic carbocycles. The van der Waals surface area contributed by atoms with E-state index >= 15 is 0 Å². The highest BCUT2D eigenvalue weighted by molar-refractivity contribution is 5.43. The molecular formula is C14H23NO4. The lowest BCUT2D eigenvalue weighted by atomic mass is 10.0. The summed E-state index contributed by atoms with van der Waals surface area (Å²) in [6, 6.07) is 5.48. The van der Waals surface area contributed by atoms with Gasteiger partial charge in [-0.3, -0.25) is 0 Å². The van der Waals surface area contributed by atoms with Crippen molar-refractivity contribution in [3.8, 4) is 11.5 Å². The van der Waals surface area contributed by atoms with E-state index in [4.69, 9.17) is 24.7 Å². The van der Waals surface area contributed by atoms with E-state index in [0.717, 1.165) is 5.56 Å². The number of ether oxygens (including phenoxy) is 4. The van der Waals surface area contributed by atoms with Crippen LogP contribution in [-0.2, 0) is 15.3 Å². The molecule has 1 rings (SSSR count). The molecule has 0 atom stereocenters. The molecular weight excluding hydrogens is 246 g/mol. The second-order valence-corrected chi connectivity index (χ2v) is 3.89. The first kappa shape index (κ1) is 15.8. The van der Waals surface area contributed by atoms with Crippen molar-refractivity contribution in [2.24, 2.45) is 5.73 Å². The summed E-state index contributed by atoms with van der Waals surface area (Å²) in [5.41, 5.74) is 6.64. The van der Waals surface area contributed by atoms with Crippen molar-refractivity contribution in [1.82, 2.24) is 0 Å². The molecule has 0 aliphatic rings. The molecule has 2 N–H and O–H groups in total. The summed E-state index contributed by atoms with van der Waals surface area (Å²) in [4.78, 5) is 0. The van der Waals surface area contributed by atoms with E-state index in [2.05, 4.69) is 0 Å². The van der Waals surface area contributed by atoms with Crippen LogP contribution in [0.5, 0.6) is 11.5 Å². The van der Waals surface area contributed by atoms with Gasteiger partial charge in [0.15, 0.2) is 0 Å². The number of hydrogen-bond acceptors (Lipinski definition) is 5. The molecule has 0 aliphatic carbocycles. The molecule has 0 unspecified atom stereocenters. The second-order valence-electron chi connectivity index (χ2n) is 3.89. The highest BCUT2D eigenvalue weighted by Gasteiger charge is 2.35. The molecule has 19 heavy (non-hydrogen) atoms. The standard InChI is InChI=1S/C14H23NO4/c1-5-18-14(10-15,19-6-2)12-8-7-11(16-3)9-13(12)17-4/h7-9H,5-6,10,15H2,1-4H3. The van der Waals surface area contributed by atoms with Gasteiger partial charge in [0.2, 0.25) is 5.79 Å². The zero-order chi connectivity index (χ0) is 14.3. The summed E-state index contributed by atoms with van der Waals surface area (Å²) in [6.45, 7) is 5.00. The monoisotopic (exact) mass is 269 g/mol. The third-order valence-electron chi connectivity index (χ3n) is 2.84. The molecule has 0 amide bonds. The van der Waals surface area contributed by atoms with Gasteiger partial charge in [-0.25, -0.2) is 0 Å². The van der Waals surface area contributed by atoms with E-state index in [-0.39, 0.29) is 6.54 Å². The van der Waals surface area contributed by atoms with Crippen LogP contribution in [0.2, 0.25) is 0 Å². The fourth-order valence-electron chi connectivity index (χ4n) is 2.00. The lowest BCUT2D eigenvalue weighted by Crippen LogP contribution is -2.41. The van der Waals surface area contributed by atoms with Crippen LogP contribution in [0.4, 0.5) is 0 Å². The van der Waals surface area contributed by atoms with Gasteiger partial charge in [-0.15, -0.1) is 0 Å². The fraction of sp³-hybridized carbons (Fsp3) is 0.571. The number of rotatable bonds is 8. The minimum atomic E-state index is -0.985. The first-order valence-electron chi connectivity index (χ1n) is 6.37. The topological polar surface area (TPSA) is 62.9 Å². The summed E-state index contributed by atoms with van der Waals surface area (Å²) >= 11 is 0. The first-order valence-corrected chi connectivity index (χ1v) is 6.37. The predicted molar refractivity (Wildman–Crippen MR) is 73.5 cm³/mol. The number of methoxy groups -OCH3 is 2. The number of benzene rings is 1. The maximum Gasteiger partial charge on any atom is 0.211 e. The zero-order valence-corrected chi connectivity index (χ0v) is 12.1. The van der Waals surface area contributed by atoms with Gasteiger partial charge in [0.05, 0.1) is 26.3 Å². The fourth-order valence-corrected chi connectivity index (χ4v) is 2.00. The zero-order valence-electron chi connectivity index (χ0n) is 12.1. The molecule has 0 spiro atoms. The molecule has 0 bridgehead atoms. The Labute approximate surface area is 114 Å². The molecule has 0 aliphatic heterocycles. The maximum atomic E-state index is 5.87. The van der Waals surface area contributed by atoms with Crippen molar-refractivity contribution >= 4 is 0 Å². The van der Waals surface area contributed by atoms with Crippen molar-refractivity contribution in [3.63, 3.8) is 0 Å². The first-order chi connectivity index (χ1) is 9.17. The lowest BCUT2D eigenvalue weighted by Gasteiger charge is -2.33. The van der Waals surface area contributed by atoms with E-state index in [1.54, 1.807) is 20.3 Å². The van der Waals surface area contributed by atoms with Crippen LogP contribution in [0.3, 0.4) is 0 Å². The van der Waals surface area contributed by atoms with E-state index < -0.39 is 5.79 Å². The molecule has 0 saturated heterocycles. The average Bonchev–Trinajstić information content (AvgIpc) is 2.46. The van der Waals surface area contributed by atoms with Crippen molar-refractivity contribution in [2.45, 2.75) is 19.6 Å². The van der Waals surface area contributed by atoms with Crippen LogP contribution in [0.15, 0.2) is 18.2 Å². The Morgan fingerprint density at radius 3 is 2.11 bits per heavy atom. The minimum Gasteiger partial charge on any atom is -0.497 e. The van der Waals surface area contributed by atoms with Crippen LogP contribution in [0, 0.1) is 0 Å². The van der Waals surface area contributed by atoms with Crippen LogP contribution < -0.4 is 15.2 Å². The summed E-state index contributed by atoms with van der Waals surface area (Å²) < 4.78 is 22.1. The Morgan fingerprint density at radius 2 is 1.68 bits per heavy atom. The summed E-state index contributed by atoms with van der Waals surface area (Å²) in [5, 5.41) is 0. The van der Waals surface area contributed by atoms with E-state index in [9.17, 15) is 0 Å². The maximum absolute atomic E-state index is 5.87. The van der Waals surface area contributed by atoms with Gasteiger partial charge in [-0.05, 0) is 26.0 Å². The smallest absolute Gasteiger partial charge is 0.211 e. The van der Waals surface area contributed by atoms with Crippen molar-refractivity contribution in [1.29, 1.82) is 0 Å². The van der Waals surface area contributed by atoms with Crippen LogP contribution >= 0.6 is 0 Å². The molecule has 0 aromatic heterocycles. The summed E-state index contributed by atoms with van der Waals surface area (Å²) in [7, 11) is 3.20. The van der Waals surface area contributed by atoms with Gasteiger partial charge < -0.3 is 24.7 Å². The predicted octanol–water partition coefficient (Wildman–Crippen LogP) is 1.89. The van der Waals surface area contributed by atoms with Gasteiger partial charge >= 0.3 is 0 Å². The van der Waals surface area contributed by atoms with Gasteiger partial charge in [-0.1, -0.05) is 0 Å². The Bertz CT molecular complexity index is 389. The van der Waals surface area contributed by atoms with Gasteiger partial charge in [0, 0.05) is 19.3 Å².